The molecule has 1 heterocycles. The lowest BCUT2D eigenvalue weighted by Crippen LogP contribution is -2.36. The summed E-state index contributed by atoms with van der Waals surface area (Å²) in [5.74, 6) is -0.0646. The minimum absolute atomic E-state index is 0.0555. The first kappa shape index (κ1) is 13.5. The Labute approximate surface area is 109 Å². The molecule has 1 N–H and O–H groups in total. The van der Waals surface area contributed by atoms with Crippen LogP contribution in [0.3, 0.4) is 0 Å². The minimum Gasteiger partial charge on any atom is -0.351 e. The molecule has 1 amide bonds. The van der Waals surface area contributed by atoms with Crippen molar-refractivity contribution >= 4 is 33.6 Å². The first-order valence-electron chi connectivity index (χ1n) is 4.89. The maximum Gasteiger partial charge on any atom is 0.251 e. The van der Waals surface area contributed by atoms with Crippen molar-refractivity contribution in [3.8, 4) is 0 Å². The summed E-state index contributed by atoms with van der Waals surface area (Å²) in [5.41, 5.74) is 0.624. The van der Waals surface area contributed by atoms with Gasteiger partial charge in [-0.25, -0.2) is 4.98 Å². The van der Waals surface area contributed by atoms with Gasteiger partial charge in [-0.05, 0) is 48.2 Å². The summed E-state index contributed by atoms with van der Waals surface area (Å²) in [4.78, 5) is 15.8. The highest BCUT2D eigenvalue weighted by Crippen LogP contribution is 2.19. The lowest BCUT2D eigenvalue weighted by atomic mass is 10.2. The summed E-state index contributed by atoms with van der Waals surface area (Å²) < 4.78 is 0.726. The van der Waals surface area contributed by atoms with Crippen molar-refractivity contribution in [1.29, 1.82) is 0 Å². The Balaban J connectivity index is 2.60. The van der Waals surface area contributed by atoms with Crippen molar-refractivity contribution in [2.24, 2.45) is 0 Å². The van der Waals surface area contributed by atoms with Crippen LogP contribution in [0.1, 0.15) is 24.2 Å². The number of nitrogens with one attached hydrogen (secondary N) is 1. The molecule has 1 aromatic rings. The van der Waals surface area contributed by atoms with Gasteiger partial charge in [0.2, 0.25) is 0 Å². The number of thioether (sulfide) groups is 1. The summed E-state index contributed by atoms with van der Waals surface area (Å²) >= 11 is 4.97. The Morgan fingerprint density at radius 1 is 1.62 bits per heavy atom. The molecule has 0 fully saturated rings. The van der Waals surface area contributed by atoms with Crippen molar-refractivity contribution < 1.29 is 4.79 Å². The maximum absolute atomic E-state index is 11.8. The number of carbonyl (C=O) groups excluding carboxylic acids is 1. The van der Waals surface area contributed by atoms with E-state index in [9.17, 15) is 4.79 Å². The zero-order valence-electron chi connectivity index (χ0n) is 9.58. The molecule has 0 saturated carbocycles. The Morgan fingerprint density at radius 2 is 2.31 bits per heavy atom. The van der Waals surface area contributed by atoms with Crippen LogP contribution in [0, 0.1) is 0 Å². The van der Waals surface area contributed by atoms with Crippen LogP contribution in [0.25, 0.3) is 0 Å². The molecule has 0 unspecified atom stereocenters. The van der Waals surface area contributed by atoms with Gasteiger partial charge >= 0.3 is 0 Å². The van der Waals surface area contributed by atoms with Gasteiger partial charge in [0.05, 0.1) is 0 Å². The highest BCUT2D eigenvalue weighted by atomic mass is 79.9. The molecule has 88 valence electrons. The van der Waals surface area contributed by atoms with Crippen LogP contribution in [-0.4, -0.2) is 28.4 Å². The molecule has 0 aliphatic rings. The number of rotatable bonds is 4. The first-order chi connectivity index (χ1) is 7.44. The van der Waals surface area contributed by atoms with Gasteiger partial charge in [-0.15, -0.1) is 0 Å². The van der Waals surface area contributed by atoms with E-state index >= 15 is 0 Å². The summed E-state index contributed by atoms with van der Waals surface area (Å²) in [6, 6.07) is 3.41. The average molecular weight is 303 g/mol. The molecular weight excluding hydrogens is 288 g/mol. The third kappa shape index (κ3) is 4.14. The molecule has 3 nitrogen and oxygen atoms in total. The molecule has 0 radical (unpaired) electrons. The maximum atomic E-state index is 11.8. The zero-order valence-corrected chi connectivity index (χ0v) is 12.0. The molecular formula is C11H15BrN2OS. The molecule has 1 rings (SSSR count). The van der Waals surface area contributed by atoms with E-state index in [1.807, 2.05) is 6.26 Å². The van der Waals surface area contributed by atoms with Gasteiger partial charge in [-0.3, -0.25) is 4.79 Å². The van der Waals surface area contributed by atoms with Gasteiger partial charge in [0, 0.05) is 23.1 Å². The molecule has 0 saturated heterocycles. The molecule has 0 aliphatic carbocycles. The molecule has 0 aliphatic heterocycles. The summed E-state index contributed by atoms with van der Waals surface area (Å²) in [5, 5.41) is 2.91. The van der Waals surface area contributed by atoms with Gasteiger partial charge in [-0.2, -0.15) is 11.8 Å². The van der Waals surface area contributed by atoms with Crippen molar-refractivity contribution in [2.45, 2.75) is 18.6 Å². The van der Waals surface area contributed by atoms with Crippen LogP contribution in [0.5, 0.6) is 0 Å². The lowest BCUT2D eigenvalue weighted by Gasteiger charge is -2.22. The number of hydrogen-bond acceptors (Lipinski definition) is 3. The number of pyridine rings is 1. The van der Waals surface area contributed by atoms with Crippen LogP contribution in [0.4, 0.5) is 0 Å². The number of halogens is 1. The van der Waals surface area contributed by atoms with E-state index in [4.69, 9.17) is 0 Å². The largest absolute Gasteiger partial charge is 0.351 e. The van der Waals surface area contributed by atoms with E-state index in [-0.39, 0.29) is 10.7 Å². The molecule has 5 heteroatoms. The number of carbonyl (C=O) groups is 1. The van der Waals surface area contributed by atoms with Crippen molar-refractivity contribution in [2.75, 3.05) is 12.8 Å². The van der Waals surface area contributed by atoms with E-state index in [0.29, 0.717) is 16.7 Å². The van der Waals surface area contributed by atoms with E-state index < -0.39 is 0 Å². The predicted octanol–water partition coefficient (Wildman–Crippen LogP) is 2.72. The van der Waals surface area contributed by atoms with E-state index in [0.717, 1.165) is 0 Å². The Kier molecular flexibility index (Phi) is 4.80. The lowest BCUT2D eigenvalue weighted by molar-refractivity contribution is 0.0950. The smallest absolute Gasteiger partial charge is 0.251 e. The number of hydrogen-bond donors (Lipinski definition) is 1. The Hall–Kier alpha value is -0.550. The number of nitrogens with zero attached hydrogens (tertiary/aromatic N) is 1. The van der Waals surface area contributed by atoms with E-state index in [1.165, 1.54) is 0 Å². The van der Waals surface area contributed by atoms with E-state index in [2.05, 4.69) is 40.1 Å². The molecule has 0 spiro atoms. The topological polar surface area (TPSA) is 42.0 Å². The highest BCUT2D eigenvalue weighted by molar-refractivity contribution is 9.10. The zero-order chi connectivity index (χ0) is 12.2. The van der Waals surface area contributed by atoms with Crippen LogP contribution >= 0.6 is 27.7 Å². The number of amides is 1. The standard InChI is InChI=1S/C11H15BrN2OS/c1-11(2,16-3)7-14-10(15)8-4-5-13-9(12)6-8/h4-6H,7H2,1-3H3,(H,14,15). The quantitative estimate of drug-likeness (QED) is 0.870. The predicted molar refractivity (Wildman–Crippen MR) is 71.9 cm³/mol. The van der Waals surface area contributed by atoms with Crippen molar-refractivity contribution in [3.05, 3.63) is 28.5 Å². The molecule has 0 aromatic carbocycles. The number of aromatic nitrogens is 1. The van der Waals surface area contributed by atoms with Crippen LogP contribution in [0.2, 0.25) is 0 Å². The average Bonchev–Trinajstić information content (AvgIpc) is 2.26. The SMILES string of the molecule is CSC(C)(C)CNC(=O)c1ccnc(Br)c1. The minimum atomic E-state index is -0.0646. The fourth-order valence-corrected chi connectivity index (χ4v) is 1.59. The van der Waals surface area contributed by atoms with Gasteiger partial charge < -0.3 is 5.32 Å². The third-order valence-electron chi connectivity index (χ3n) is 2.22. The monoisotopic (exact) mass is 302 g/mol. The third-order valence-corrected chi connectivity index (χ3v) is 3.90. The van der Waals surface area contributed by atoms with Crippen LogP contribution in [-0.2, 0) is 0 Å². The van der Waals surface area contributed by atoms with Gasteiger partial charge in [0.15, 0.2) is 0 Å². The second-order valence-electron chi connectivity index (χ2n) is 4.01. The molecule has 0 atom stereocenters. The van der Waals surface area contributed by atoms with Crippen LogP contribution in [0.15, 0.2) is 22.9 Å². The summed E-state index contributed by atoms with van der Waals surface area (Å²) in [7, 11) is 0. The van der Waals surface area contributed by atoms with E-state index in [1.54, 1.807) is 30.1 Å². The first-order valence-corrected chi connectivity index (χ1v) is 6.91. The van der Waals surface area contributed by atoms with Crippen molar-refractivity contribution in [1.82, 2.24) is 10.3 Å². The molecule has 0 bridgehead atoms. The summed E-state index contributed by atoms with van der Waals surface area (Å²) in [6.07, 6.45) is 3.65. The van der Waals surface area contributed by atoms with Gasteiger partial charge in [0.25, 0.3) is 5.91 Å². The Morgan fingerprint density at radius 3 is 2.88 bits per heavy atom. The molecule has 16 heavy (non-hydrogen) atoms. The molecule has 1 aromatic heterocycles. The fraction of sp³-hybridized carbons (Fsp3) is 0.455. The second-order valence-corrected chi connectivity index (χ2v) is 6.34. The fourth-order valence-electron chi connectivity index (χ4n) is 1.01. The van der Waals surface area contributed by atoms with Crippen LogP contribution < -0.4 is 5.32 Å². The normalized spacial score (nSPS) is 11.2. The van der Waals surface area contributed by atoms with Crippen molar-refractivity contribution in [3.63, 3.8) is 0 Å². The Bertz CT molecular complexity index is 382. The highest BCUT2D eigenvalue weighted by Gasteiger charge is 2.17. The summed E-state index contributed by atoms with van der Waals surface area (Å²) in [6.45, 7) is 4.84. The van der Waals surface area contributed by atoms with Gasteiger partial charge in [-0.1, -0.05) is 0 Å². The van der Waals surface area contributed by atoms with Gasteiger partial charge in [0.1, 0.15) is 4.60 Å². The second kappa shape index (κ2) is 5.68.